The van der Waals surface area contributed by atoms with Crippen LogP contribution in [0.15, 0.2) is 24.4 Å². The predicted octanol–water partition coefficient (Wildman–Crippen LogP) is 1.98. The minimum atomic E-state index is -0.241. The van der Waals surface area contributed by atoms with Gasteiger partial charge in [0.2, 0.25) is 5.91 Å². The number of nitrogens with two attached hydrogens (primary N) is 1. The monoisotopic (exact) mass is 290 g/mol. The number of carbonyl (C=O) groups excluding carboxylic acids is 1. The maximum atomic E-state index is 11.3. The Morgan fingerprint density at radius 3 is 3.05 bits per heavy atom. The van der Waals surface area contributed by atoms with Crippen molar-refractivity contribution in [2.24, 2.45) is 11.7 Å². The third-order valence-electron chi connectivity index (χ3n) is 3.64. The minimum Gasteiger partial charge on any atom is -0.369 e. The highest BCUT2D eigenvalue weighted by atomic mass is 35.5. The minimum absolute atomic E-state index is 0.105. The van der Waals surface area contributed by atoms with Gasteiger partial charge in [0, 0.05) is 18.1 Å². The summed E-state index contributed by atoms with van der Waals surface area (Å²) >= 11 is 5.93. The van der Waals surface area contributed by atoms with Crippen LogP contribution >= 0.6 is 11.6 Å². The molecular weight excluding hydrogens is 276 g/mol. The number of benzene rings is 1. The average molecular weight is 291 g/mol. The summed E-state index contributed by atoms with van der Waals surface area (Å²) < 4.78 is 0. The zero-order chi connectivity index (χ0) is 14.1. The van der Waals surface area contributed by atoms with Crippen LogP contribution in [0.1, 0.15) is 12.8 Å². The third-order valence-corrected chi connectivity index (χ3v) is 3.87. The Labute approximate surface area is 121 Å². The van der Waals surface area contributed by atoms with E-state index in [1.54, 1.807) is 18.3 Å². The van der Waals surface area contributed by atoms with E-state index in [4.69, 9.17) is 17.3 Å². The molecule has 2 heterocycles. The predicted molar refractivity (Wildman–Crippen MR) is 78.7 cm³/mol. The number of anilines is 1. The summed E-state index contributed by atoms with van der Waals surface area (Å²) in [6.07, 6.45) is 3.51. The Morgan fingerprint density at radius 1 is 1.40 bits per heavy atom. The van der Waals surface area contributed by atoms with Gasteiger partial charge in [-0.1, -0.05) is 11.6 Å². The van der Waals surface area contributed by atoms with Gasteiger partial charge in [0.1, 0.15) is 5.82 Å². The highest BCUT2D eigenvalue weighted by molar-refractivity contribution is 6.31. The second kappa shape index (κ2) is 5.25. The van der Waals surface area contributed by atoms with Crippen LogP contribution in [0, 0.1) is 5.92 Å². The molecule has 1 amide bonds. The molecule has 1 aromatic carbocycles. The summed E-state index contributed by atoms with van der Waals surface area (Å²) in [6.45, 7) is 1.49. The summed E-state index contributed by atoms with van der Waals surface area (Å²) in [5, 5.41) is 0.645. The lowest BCUT2D eigenvalue weighted by atomic mass is 9.97. The number of nitrogens with zero attached hydrogens (tertiary/aromatic N) is 3. The molecule has 0 radical (unpaired) electrons. The average Bonchev–Trinajstić information content (AvgIpc) is 2.47. The van der Waals surface area contributed by atoms with E-state index in [0.717, 1.165) is 36.2 Å². The number of hydrogen-bond acceptors (Lipinski definition) is 4. The van der Waals surface area contributed by atoms with Crippen molar-refractivity contribution in [2.45, 2.75) is 12.8 Å². The quantitative estimate of drug-likeness (QED) is 0.918. The first-order chi connectivity index (χ1) is 9.63. The van der Waals surface area contributed by atoms with Crippen LogP contribution in [-0.4, -0.2) is 29.0 Å². The zero-order valence-electron chi connectivity index (χ0n) is 10.9. The molecule has 3 rings (SSSR count). The number of piperidine rings is 1. The van der Waals surface area contributed by atoms with E-state index >= 15 is 0 Å². The van der Waals surface area contributed by atoms with Gasteiger partial charge in [-0.15, -0.1) is 0 Å². The number of hydrogen-bond donors (Lipinski definition) is 1. The van der Waals surface area contributed by atoms with Gasteiger partial charge in [-0.3, -0.25) is 9.78 Å². The fourth-order valence-corrected chi connectivity index (χ4v) is 2.71. The lowest BCUT2D eigenvalue weighted by Crippen LogP contribution is -2.41. The van der Waals surface area contributed by atoms with Crippen LogP contribution in [-0.2, 0) is 4.79 Å². The highest BCUT2D eigenvalue weighted by Gasteiger charge is 2.24. The van der Waals surface area contributed by atoms with Crippen LogP contribution in [0.5, 0.6) is 0 Å². The lowest BCUT2D eigenvalue weighted by molar-refractivity contribution is -0.122. The number of rotatable bonds is 2. The number of amides is 1. The lowest BCUT2D eigenvalue weighted by Gasteiger charge is -2.31. The van der Waals surface area contributed by atoms with Crippen LogP contribution in [0.25, 0.3) is 11.0 Å². The SMILES string of the molecule is NC(=O)C1CCCN(c2cnc3cc(Cl)ccc3n2)C1. The molecule has 1 fully saturated rings. The molecule has 2 aromatic rings. The number of primary amides is 1. The summed E-state index contributed by atoms with van der Waals surface area (Å²) in [5.74, 6) is 0.437. The molecule has 1 aromatic heterocycles. The molecule has 0 spiro atoms. The van der Waals surface area contributed by atoms with Gasteiger partial charge in [0.15, 0.2) is 0 Å². The number of carbonyl (C=O) groups is 1. The molecule has 1 aliphatic heterocycles. The fraction of sp³-hybridized carbons (Fsp3) is 0.357. The fourth-order valence-electron chi connectivity index (χ4n) is 2.54. The van der Waals surface area contributed by atoms with E-state index in [2.05, 4.69) is 14.9 Å². The van der Waals surface area contributed by atoms with Crippen molar-refractivity contribution in [3.8, 4) is 0 Å². The van der Waals surface area contributed by atoms with Crippen LogP contribution in [0.2, 0.25) is 5.02 Å². The van der Waals surface area contributed by atoms with E-state index in [1.807, 2.05) is 6.07 Å². The third kappa shape index (κ3) is 2.54. The van der Waals surface area contributed by atoms with Crippen molar-refractivity contribution in [3.05, 3.63) is 29.4 Å². The van der Waals surface area contributed by atoms with Crippen molar-refractivity contribution < 1.29 is 4.79 Å². The van der Waals surface area contributed by atoms with Crippen LogP contribution in [0.4, 0.5) is 5.82 Å². The summed E-state index contributed by atoms with van der Waals surface area (Å²) in [7, 11) is 0. The molecule has 104 valence electrons. The standard InChI is InChI=1S/C14H15ClN4O/c15-10-3-4-11-12(6-10)17-7-13(18-11)19-5-1-2-9(8-19)14(16)20/h3-4,6-7,9H,1-2,5,8H2,(H2,16,20). The van der Waals surface area contributed by atoms with E-state index in [1.165, 1.54) is 0 Å². The van der Waals surface area contributed by atoms with Crippen molar-refractivity contribution in [3.63, 3.8) is 0 Å². The van der Waals surface area contributed by atoms with Crippen molar-refractivity contribution >= 4 is 34.4 Å². The molecule has 2 N–H and O–H groups in total. The van der Waals surface area contributed by atoms with Crippen LogP contribution < -0.4 is 10.6 Å². The number of fused-ring (bicyclic) bond motifs is 1. The Kier molecular flexibility index (Phi) is 3.44. The Morgan fingerprint density at radius 2 is 2.25 bits per heavy atom. The highest BCUT2D eigenvalue weighted by Crippen LogP contribution is 2.23. The van der Waals surface area contributed by atoms with Crippen LogP contribution in [0.3, 0.4) is 0 Å². The maximum absolute atomic E-state index is 11.3. The normalized spacial score (nSPS) is 19.2. The van der Waals surface area contributed by atoms with Crippen molar-refractivity contribution in [1.82, 2.24) is 9.97 Å². The van der Waals surface area contributed by atoms with E-state index in [9.17, 15) is 4.79 Å². The van der Waals surface area contributed by atoms with Crippen molar-refractivity contribution in [2.75, 3.05) is 18.0 Å². The van der Waals surface area contributed by atoms with E-state index < -0.39 is 0 Å². The second-order valence-electron chi connectivity index (χ2n) is 5.05. The molecule has 5 nitrogen and oxygen atoms in total. The molecule has 6 heteroatoms. The first-order valence-electron chi connectivity index (χ1n) is 6.60. The molecule has 1 atom stereocenters. The maximum Gasteiger partial charge on any atom is 0.222 e. The number of halogens is 1. The first-order valence-corrected chi connectivity index (χ1v) is 6.98. The van der Waals surface area contributed by atoms with Gasteiger partial charge in [-0.2, -0.15) is 0 Å². The molecule has 0 saturated carbocycles. The summed E-state index contributed by atoms with van der Waals surface area (Å²) in [4.78, 5) is 22.4. The Bertz CT molecular complexity index is 661. The zero-order valence-corrected chi connectivity index (χ0v) is 11.7. The molecule has 1 unspecified atom stereocenters. The van der Waals surface area contributed by atoms with Gasteiger partial charge in [-0.05, 0) is 31.0 Å². The molecule has 20 heavy (non-hydrogen) atoms. The topological polar surface area (TPSA) is 72.1 Å². The second-order valence-corrected chi connectivity index (χ2v) is 5.49. The molecule has 0 aliphatic carbocycles. The van der Waals surface area contributed by atoms with E-state index in [0.29, 0.717) is 11.6 Å². The van der Waals surface area contributed by atoms with Gasteiger partial charge < -0.3 is 10.6 Å². The Balaban J connectivity index is 1.90. The largest absolute Gasteiger partial charge is 0.369 e. The molecule has 1 saturated heterocycles. The first kappa shape index (κ1) is 13.1. The molecule has 1 aliphatic rings. The molecule has 0 bridgehead atoms. The smallest absolute Gasteiger partial charge is 0.222 e. The molecular formula is C14H15ClN4O. The number of aromatic nitrogens is 2. The summed E-state index contributed by atoms with van der Waals surface area (Å²) in [5.41, 5.74) is 6.97. The van der Waals surface area contributed by atoms with Gasteiger partial charge in [-0.25, -0.2) is 4.98 Å². The Hall–Kier alpha value is -1.88. The van der Waals surface area contributed by atoms with Gasteiger partial charge in [0.25, 0.3) is 0 Å². The van der Waals surface area contributed by atoms with Gasteiger partial charge in [0.05, 0.1) is 23.1 Å². The van der Waals surface area contributed by atoms with E-state index in [-0.39, 0.29) is 11.8 Å². The van der Waals surface area contributed by atoms with Gasteiger partial charge >= 0.3 is 0 Å². The summed E-state index contributed by atoms with van der Waals surface area (Å²) in [6, 6.07) is 5.44. The van der Waals surface area contributed by atoms with Crippen molar-refractivity contribution in [1.29, 1.82) is 0 Å².